The van der Waals surface area contributed by atoms with Gasteiger partial charge in [-0.1, -0.05) is 11.6 Å². The van der Waals surface area contributed by atoms with Crippen molar-refractivity contribution in [3.63, 3.8) is 0 Å². The summed E-state index contributed by atoms with van der Waals surface area (Å²) in [7, 11) is 1.45. The number of anilines is 1. The van der Waals surface area contributed by atoms with E-state index in [0.717, 1.165) is 0 Å². The molecule has 0 spiro atoms. The summed E-state index contributed by atoms with van der Waals surface area (Å²) in [5.74, 6) is -0.325. The molecule has 0 radical (unpaired) electrons. The molecule has 0 saturated heterocycles. The topological polar surface area (TPSA) is 67.4 Å². The van der Waals surface area contributed by atoms with E-state index in [1.54, 1.807) is 12.1 Å². The zero-order valence-electron chi connectivity index (χ0n) is 8.46. The van der Waals surface area contributed by atoms with E-state index < -0.39 is 0 Å². The van der Waals surface area contributed by atoms with E-state index in [-0.39, 0.29) is 23.9 Å². The standard InChI is InChI=1S/C10H9ClN2O3/c1-16-6-3-2-5(11)9-8(6)10(15)12-4-7(14)13-9/h2-3H,4H2,1H3,(H,12,15)(H,13,14). The monoisotopic (exact) mass is 240 g/mol. The molecule has 1 aromatic rings. The van der Waals surface area contributed by atoms with Crippen molar-refractivity contribution in [2.75, 3.05) is 19.0 Å². The molecule has 2 amide bonds. The van der Waals surface area contributed by atoms with Crippen LogP contribution in [0.2, 0.25) is 5.02 Å². The zero-order valence-corrected chi connectivity index (χ0v) is 9.22. The summed E-state index contributed by atoms with van der Waals surface area (Å²) in [6, 6.07) is 3.15. The third-order valence-corrected chi connectivity index (χ3v) is 2.55. The highest BCUT2D eigenvalue weighted by Crippen LogP contribution is 2.34. The third-order valence-electron chi connectivity index (χ3n) is 2.24. The van der Waals surface area contributed by atoms with Crippen LogP contribution in [0.25, 0.3) is 0 Å². The number of benzene rings is 1. The molecule has 0 saturated carbocycles. The largest absolute Gasteiger partial charge is 0.496 e. The van der Waals surface area contributed by atoms with Crippen molar-refractivity contribution in [2.45, 2.75) is 0 Å². The fraction of sp³-hybridized carbons (Fsp3) is 0.200. The Hall–Kier alpha value is -1.75. The number of carbonyl (C=O) groups excluding carboxylic acids is 2. The average molecular weight is 241 g/mol. The maximum atomic E-state index is 11.7. The smallest absolute Gasteiger partial charge is 0.257 e. The molecule has 2 rings (SSSR count). The predicted octanol–water partition coefficient (Wildman–Crippen LogP) is 1.03. The normalized spacial score (nSPS) is 14.6. The molecule has 16 heavy (non-hydrogen) atoms. The minimum Gasteiger partial charge on any atom is -0.496 e. The number of ether oxygens (including phenoxy) is 1. The van der Waals surface area contributed by atoms with Crippen molar-refractivity contribution in [2.24, 2.45) is 0 Å². The van der Waals surface area contributed by atoms with E-state index in [9.17, 15) is 9.59 Å². The Balaban J connectivity index is 2.65. The van der Waals surface area contributed by atoms with Crippen LogP contribution in [0.4, 0.5) is 5.69 Å². The zero-order chi connectivity index (χ0) is 11.7. The van der Waals surface area contributed by atoms with Crippen molar-refractivity contribution in [1.82, 2.24) is 5.32 Å². The lowest BCUT2D eigenvalue weighted by atomic mass is 10.1. The molecule has 0 bridgehead atoms. The predicted molar refractivity (Wildman–Crippen MR) is 59.0 cm³/mol. The van der Waals surface area contributed by atoms with Crippen molar-refractivity contribution in [1.29, 1.82) is 0 Å². The fourth-order valence-electron chi connectivity index (χ4n) is 1.51. The van der Waals surface area contributed by atoms with Crippen LogP contribution in [0.1, 0.15) is 10.4 Å². The number of fused-ring (bicyclic) bond motifs is 1. The van der Waals surface area contributed by atoms with Gasteiger partial charge in [-0.05, 0) is 12.1 Å². The Morgan fingerprint density at radius 1 is 1.38 bits per heavy atom. The quantitative estimate of drug-likeness (QED) is 0.771. The van der Waals surface area contributed by atoms with Crippen molar-refractivity contribution in [3.8, 4) is 5.75 Å². The fourth-order valence-corrected chi connectivity index (χ4v) is 1.71. The van der Waals surface area contributed by atoms with E-state index in [4.69, 9.17) is 16.3 Å². The van der Waals surface area contributed by atoms with Gasteiger partial charge in [-0.3, -0.25) is 9.59 Å². The second kappa shape index (κ2) is 4.02. The van der Waals surface area contributed by atoms with Crippen LogP contribution >= 0.6 is 11.6 Å². The average Bonchev–Trinajstić information content (AvgIpc) is 2.42. The molecule has 0 aliphatic carbocycles. The van der Waals surface area contributed by atoms with E-state index in [1.807, 2.05) is 0 Å². The van der Waals surface area contributed by atoms with Gasteiger partial charge in [0, 0.05) is 0 Å². The lowest BCUT2D eigenvalue weighted by Gasteiger charge is -2.11. The van der Waals surface area contributed by atoms with Crippen molar-refractivity contribution in [3.05, 3.63) is 22.7 Å². The summed E-state index contributed by atoms with van der Waals surface area (Å²) >= 11 is 5.92. The minimum absolute atomic E-state index is 0.0764. The van der Waals surface area contributed by atoms with Gasteiger partial charge in [0.2, 0.25) is 5.91 Å². The number of hydrogen-bond donors (Lipinski definition) is 2. The van der Waals surface area contributed by atoms with Crippen LogP contribution in [0.5, 0.6) is 5.75 Å². The number of carbonyl (C=O) groups is 2. The second-order valence-electron chi connectivity index (χ2n) is 3.23. The van der Waals surface area contributed by atoms with Gasteiger partial charge in [0.05, 0.1) is 24.4 Å². The number of nitrogens with one attached hydrogen (secondary N) is 2. The summed E-state index contributed by atoms with van der Waals surface area (Å²) in [4.78, 5) is 23.1. The lowest BCUT2D eigenvalue weighted by molar-refractivity contribution is -0.115. The van der Waals surface area contributed by atoms with E-state index in [2.05, 4.69) is 10.6 Å². The number of rotatable bonds is 1. The summed E-state index contributed by atoms with van der Waals surface area (Å²) < 4.78 is 5.06. The first kappa shape index (κ1) is 10.8. The van der Waals surface area contributed by atoms with Crippen LogP contribution in [0.15, 0.2) is 12.1 Å². The Labute approximate surface area is 96.7 Å². The Bertz CT molecular complexity index is 473. The summed E-state index contributed by atoms with van der Waals surface area (Å²) in [5, 5.41) is 5.33. The Kier molecular flexibility index (Phi) is 2.70. The van der Waals surface area contributed by atoms with Crippen molar-refractivity contribution >= 4 is 29.1 Å². The highest BCUT2D eigenvalue weighted by atomic mass is 35.5. The molecular formula is C10H9ClN2O3. The van der Waals surface area contributed by atoms with Gasteiger partial charge in [-0.15, -0.1) is 0 Å². The molecule has 1 aliphatic heterocycles. The lowest BCUT2D eigenvalue weighted by Crippen LogP contribution is -2.28. The molecule has 1 aliphatic rings. The van der Waals surface area contributed by atoms with Gasteiger partial charge in [0.25, 0.3) is 5.91 Å². The van der Waals surface area contributed by atoms with Gasteiger partial charge in [0.1, 0.15) is 11.3 Å². The van der Waals surface area contributed by atoms with E-state index >= 15 is 0 Å². The highest BCUT2D eigenvalue weighted by Gasteiger charge is 2.24. The molecule has 0 unspecified atom stereocenters. The summed E-state index contributed by atoms with van der Waals surface area (Å²) in [6.07, 6.45) is 0. The van der Waals surface area contributed by atoms with Crippen LogP contribution in [0, 0.1) is 0 Å². The molecule has 0 aromatic heterocycles. The number of methoxy groups -OCH3 is 1. The van der Waals surface area contributed by atoms with Gasteiger partial charge in [-0.2, -0.15) is 0 Å². The van der Waals surface area contributed by atoms with Gasteiger partial charge >= 0.3 is 0 Å². The molecule has 0 fully saturated rings. The third kappa shape index (κ3) is 1.69. The molecule has 84 valence electrons. The maximum Gasteiger partial charge on any atom is 0.257 e. The first-order chi connectivity index (χ1) is 7.63. The van der Waals surface area contributed by atoms with Crippen LogP contribution in [0.3, 0.4) is 0 Å². The number of amides is 2. The molecule has 2 N–H and O–H groups in total. The van der Waals surface area contributed by atoms with Crippen LogP contribution in [-0.2, 0) is 4.79 Å². The summed E-state index contributed by atoms with van der Waals surface area (Å²) in [5.41, 5.74) is 0.543. The first-order valence-electron chi connectivity index (χ1n) is 4.58. The minimum atomic E-state index is -0.382. The van der Waals surface area contributed by atoms with E-state index in [0.29, 0.717) is 16.5 Å². The Morgan fingerprint density at radius 3 is 2.81 bits per heavy atom. The molecule has 1 aromatic carbocycles. The van der Waals surface area contributed by atoms with Gasteiger partial charge < -0.3 is 15.4 Å². The number of hydrogen-bond acceptors (Lipinski definition) is 3. The first-order valence-corrected chi connectivity index (χ1v) is 4.96. The molecule has 5 nitrogen and oxygen atoms in total. The Morgan fingerprint density at radius 2 is 2.12 bits per heavy atom. The number of halogens is 1. The molecule has 1 heterocycles. The SMILES string of the molecule is COc1ccc(Cl)c2c1C(=O)NCC(=O)N2. The van der Waals surface area contributed by atoms with E-state index in [1.165, 1.54) is 7.11 Å². The molecule has 0 atom stereocenters. The molecular weight excluding hydrogens is 232 g/mol. The van der Waals surface area contributed by atoms with Crippen LogP contribution < -0.4 is 15.4 Å². The second-order valence-corrected chi connectivity index (χ2v) is 3.64. The highest BCUT2D eigenvalue weighted by molar-refractivity contribution is 6.35. The van der Waals surface area contributed by atoms with Crippen molar-refractivity contribution < 1.29 is 14.3 Å². The maximum absolute atomic E-state index is 11.7. The molecule has 6 heteroatoms. The summed E-state index contributed by atoms with van der Waals surface area (Å²) in [6.45, 7) is -0.0764. The van der Waals surface area contributed by atoms with Gasteiger partial charge in [0.15, 0.2) is 0 Å². The van der Waals surface area contributed by atoms with Crippen LogP contribution in [-0.4, -0.2) is 25.5 Å². The van der Waals surface area contributed by atoms with Gasteiger partial charge in [-0.25, -0.2) is 0 Å².